The van der Waals surface area contributed by atoms with Crippen LogP contribution in [-0.4, -0.2) is 28.0 Å². The van der Waals surface area contributed by atoms with E-state index < -0.39 is 13.0 Å². The largest absolute Gasteiger partial charge is 0.305 e. The average Bonchev–Trinajstić information content (AvgIpc) is 2.98. The molecule has 0 aliphatic rings. The summed E-state index contributed by atoms with van der Waals surface area (Å²) in [6.07, 6.45) is 4.27. The number of halogens is 3. The molecule has 1 heterocycles. The van der Waals surface area contributed by atoms with E-state index in [9.17, 15) is 13.6 Å². The molecule has 1 aromatic heterocycles. The van der Waals surface area contributed by atoms with Gasteiger partial charge in [-0.15, -0.1) is 18.0 Å². The van der Waals surface area contributed by atoms with Crippen molar-refractivity contribution in [2.45, 2.75) is 19.5 Å². The Balaban J connectivity index is 2.20. The fraction of sp³-hybridized carbons (Fsp3) is 0.250. The van der Waals surface area contributed by atoms with Gasteiger partial charge in [-0.1, -0.05) is 5.92 Å². The third-order valence-electron chi connectivity index (χ3n) is 3.10. The van der Waals surface area contributed by atoms with Crippen LogP contribution in [0.5, 0.6) is 0 Å². The first-order chi connectivity index (χ1) is 11.0. The number of hydrogen-bond acceptors (Lipinski definition) is 2. The molecule has 0 N–H and O–H groups in total. The molecule has 4 nitrogen and oxygen atoms in total. The second-order valence-corrected chi connectivity index (χ2v) is 4.99. The van der Waals surface area contributed by atoms with E-state index in [0.29, 0.717) is 16.9 Å². The summed E-state index contributed by atoms with van der Waals surface area (Å²) in [5.74, 6) is 1.98. The molecule has 0 radical (unpaired) electrons. The summed E-state index contributed by atoms with van der Waals surface area (Å²) in [5, 5.41) is 4.03. The van der Waals surface area contributed by atoms with Gasteiger partial charge in [0.05, 0.1) is 12.2 Å². The predicted molar refractivity (Wildman–Crippen MR) is 84.5 cm³/mol. The van der Waals surface area contributed by atoms with Gasteiger partial charge in [-0.2, -0.15) is 5.10 Å². The van der Waals surface area contributed by atoms with Crippen molar-refractivity contribution in [3.05, 3.63) is 47.8 Å². The van der Waals surface area contributed by atoms with Crippen LogP contribution >= 0.6 is 11.6 Å². The lowest BCUT2D eigenvalue weighted by Gasteiger charge is -2.21. The zero-order valence-electron chi connectivity index (χ0n) is 12.1. The summed E-state index contributed by atoms with van der Waals surface area (Å²) >= 11 is 5.65. The van der Waals surface area contributed by atoms with Gasteiger partial charge in [-0.05, 0) is 30.3 Å². The van der Waals surface area contributed by atoms with Crippen LogP contribution in [0.4, 0.5) is 14.5 Å². The van der Waals surface area contributed by atoms with Crippen molar-refractivity contribution >= 4 is 23.2 Å². The number of aromatic nitrogens is 2. The van der Waals surface area contributed by atoms with Crippen LogP contribution in [0.3, 0.4) is 0 Å². The summed E-state index contributed by atoms with van der Waals surface area (Å²) in [5.41, 5.74) is 1.79. The van der Waals surface area contributed by atoms with Gasteiger partial charge < -0.3 is 4.90 Å². The maximum absolute atomic E-state index is 12.4. The third kappa shape index (κ3) is 4.54. The third-order valence-corrected chi connectivity index (χ3v) is 3.33. The van der Waals surface area contributed by atoms with Crippen molar-refractivity contribution in [3.8, 4) is 12.3 Å². The smallest absolute Gasteiger partial charge is 0.257 e. The van der Waals surface area contributed by atoms with E-state index >= 15 is 0 Å². The van der Waals surface area contributed by atoms with Gasteiger partial charge >= 0.3 is 0 Å². The van der Waals surface area contributed by atoms with Gasteiger partial charge in [0.25, 0.3) is 6.43 Å². The van der Waals surface area contributed by atoms with E-state index in [0.717, 1.165) is 4.68 Å². The Morgan fingerprint density at radius 3 is 2.61 bits per heavy atom. The number of carbonyl (C=O) groups excluding carboxylic acids is 1. The molecular weight excluding hydrogens is 324 g/mol. The van der Waals surface area contributed by atoms with Crippen molar-refractivity contribution in [2.75, 3.05) is 10.8 Å². The molecule has 0 aliphatic heterocycles. The Labute approximate surface area is 137 Å². The highest BCUT2D eigenvalue weighted by atomic mass is 35.5. The summed E-state index contributed by atoms with van der Waals surface area (Å²) in [6.45, 7) is -0.350. The summed E-state index contributed by atoms with van der Waals surface area (Å²) < 4.78 is 25.8. The van der Waals surface area contributed by atoms with E-state index in [-0.39, 0.29) is 18.3 Å². The number of benzene rings is 1. The van der Waals surface area contributed by atoms with Crippen molar-refractivity contribution in [1.29, 1.82) is 0 Å². The van der Waals surface area contributed by atoms with Crippen molar-refractivity contribution in [2.24, 2.45) is 0 Å². The monoisotopic (exact) mass is 337 g/mol. The molecule has 1 aromatic carbocycles. The predicted octanol–water partition coefficient (Wildman–Crippen LogP) is 2.90. The van der Waals surface area contributed by atoms with Gasteiger partial charge in [0.15, 0.2) is 0 Å². The first-order valence-corrected chi connectivity index (χ1v) is 7.30. The molecule has 7 heteroatoms. The minimum absolute atomic E-state index is 0.136. The normalized spacial score (nSPS) is 10.6. The van der Waals surface area contributed by atoms with Crippen molar-refractivity contribution in [1.82, 2.24) is 9.78 Å². The first kappa shape index (κ1) is 17.0. The van der Waals surface area contributed by atoms with Gasteiger partial charge in [0.1, 0.15) is 12.4 Å². The Morgan fingerprint density at radius 2 is 2.04 bits per heavy atom. The fourth-order valence-electron chi connectivity index (χ4n) is 2.03. The Hall–Kier alpha value is -2.39. The zero-order chi connectivity index (χ0) is 16.8. The molecule has 0 saturated heterocycles. The summed E-state index contributed by atoms with van der Waals surface area (Å²) in [4.78, 5) is 13.5. The van der Waals surface area contributed by atoms with Gasteiger partial charge in [-0.3, -0.25) is 9.48 Å². The standard InChI is InChI=1S/C16H14ClF2N3O/c1-2-12-3-5-14(6-4-12)22(16(23)9-17)10-13-7-8-21(20-13)11-15(18)19/h1,3-8,15H,9-11H2. The highest BCUT2D eigenvalue weighted by molar-refractivity contribution is 6.29. The van der Waals surface area contributed by atoms with Crippen LogP contribution in [-0.2, 0) is 17.9 Å². The summed E-state index contributed by atoms with van der Waals surface area (Å²) in [6, 6.07) is 8.41. The minimum Gasteiger partial charge on any atom is -0.305 e. The fourth-order valence-corrected chi connectivity index (χ4v) is 2.17. The molecule has 0 unspecified atom stereocenters. The van der Waals surface area contributed by atoms with E-state index in [1.807, 2.05) is 0 Å². The lowest BCUT2D eigenvalue weighted by Crippen LogP contribution is -2.31. The second-order valence-electron chi connectivity index (χ2n) is 4.72. The van der Waals surface area contributed by atoms with Gasteiger partial charge in [0.2, 0.25) is 5.91 Å². The molecule has 1 amide bonds. The first-order valence-electron chi connectivity index (χ1n) is 6.77. The van der Waals surface area contributed by atoms with Crippen LogP contribution in [0.25, 0.3) is 0 Å². The number of nitrogens with zero attached hydrogens (tertiary/aromatic N) is 3. The molecule has 0 aliphatic carbocycles. The van der Waals surface area contributed by atoms with Crippen LogP contribution in [0.1, 0.15) is 11.3 Å². The van der Waals surface area contributed by atoms with E-state index in [4.69, 9.17) is 18.0 Å². The number of rotatable bonds is 6. The van der Waals surface area contributed by atoms with Crippen LogP contribution in [0.2, 0.25) is 0 Å². The molecule has 0 spiro atoms. The van der Waals surface area contributed by atoms with Gasteiger partial charge in [0, 0.05) is 17.4 Å². The van der Waals surface area contributed by atoms with Crippen LogP contribution < -0.4 is 4.90 Å². The average molecular weight is 338 g/mol. The number of hydrogen-bond donors (Lipinski definition) is 0. The number of carbonyl (C=O) groups is 1. The van der Waals surface area contributed by atoms with E-state index in [1.54, 1.807) is 30.3 Å². The molecular formula is C16H14ClF2N3O. The van der Waals surface area contributed by atoms with E-state index in [1.165, 1.54) is 11.1 Å². The zero-order valence-corrected chi connectivity index (χ0v) is 12.9. The Kier molecular flexibility index (Phi) is 5.72. The SMILES string of the molecule is C#Cc1ccc(N(Cc2ccn(CC(F)F)n2)C(=O)CCl)cc1. The molecule has 2 aromatic rings. The van der Waals surface area contributed by atoms with E-state index in [2.05, 4.69) is 11.0 Å². The maximum Gasteiger partial charge on any atom is 0.257 e. The number of terminal acetylenes is 1. The van der Waals surface area contributed by atoms with Gasteiger partial charge in [-0.25, -0.2) is 8.78 Å². The highest BCUT2D eigenvalue weighted by Gasteiger charge is 2.17. The number of alkyl halides is 3. The summed E-state index contributed by atoms with van der Waals surface area (Å²) in [7, 11) is 0. The van der Waals surface area contributed by atoms with Crippen molar-refractivity contribution in [3.63, 3.8) is 0 Å². The Morgan fingerprint density at radius 1 is 1.35 bits per heavy atom. The molecule has 2 rings (SSSR count). The molecule has 0 saturated carbocycles. The van der Waals surface area contributed by atoms with Crippen LogP contribution in [0, 0.1) is 12.3 Å². The molecule has 0 fully saturated rings. The topological polar surface area (TPSA) is 38.1 Å². The van der Waals surface area contributed by atoms with Crippen molar-refractivity contribution < 1.29 is 13.6 Å². The molecule has 0 bridgehead atoms. The molecule has 0 atom stereocenters. The second kappa shape index (κ2) is 7.75. The Bertz CT molecular complexity index is 707. The highest BCUT2D eigenvalue weighted by Crippen LogP contribution is 2.18. The number of anilines is 1. The molecule has 23 heavy (non-hydrogen) atoms. The lowest BCUT2D eigenvalue weighted by atomic mass is 10.2. The van der Waals surface area contributed by atoms with Crippen LogP contribution in [0.15, 0.2) is 36.5 Å². The lowest BCUT2D eigenvalue weighted by molar-refractivity contribution is -0.116. The number of amides is 1. The minimum atomic E-state index is -2.49. The molecule has 120 valence electrons. The quantitative estimate of drug-likeness (QED) is 0.600. The maximum atomic E-state index is 12.4.